The first-order valence-electron chi connectivity index (χ1n) is 10.7. The standard InChI is InChI=1S/C25H28N4O/c1-18-8-9-21(19(2)16-18)23(30)28-13-10-25(11-14-28)24-26-12-15-29(24)22-7-5-4-6-20(22)17-27(25)3/h4-9,12,15-16H,10-11,13-14,17H2,1-3H3. The number of nitrogens with zero attached hydrogens (tertiary/aromatic N) is 4. The molecule has 2 aliphatic rings. The lowest BCUT2D eigenvalue weighted by atomic mass is 9.84. The molecule has 0 saturated carbocycles. The highest BCUT2D eigenvalue weighted by Crippen LogP contribution is 2.42. The number of likely N-dealkylation sites (tertiary alicyclic amines) is 1. The highest BCUT2D eigenvalue weighted by Gasteiger charge is 2.45. The lowest BCUT2D eigenvalue weighted by molar-refractivity contribution is 0.0230. The van der Waals surface area contributed by atoms with E-state index in [1.54, 1.807) is 0 Å². The Morgan fingerprint density at radius 3 is 2.60 bits per heavy atom. The van der Waals surface area contributed by atoms with Crippen molar-refractivity contribution in [2.75, 3.05) is 20.1 Å². The van der Waals surface area contributed by atoms with E-state index in [4.69, 9.17) is 4.98 Å². The van der Waals surface area contributed by atoms with E-state index in [0.717, 1.165) is 49.4 Å². The van der Waals surface area contributed by atoms with E-state index < -0.39 is 0 Å². The fraction of sp³-hybridized carbons (Fsp3) is 0.360. The average molecular weight is 401 g/mol. The molecule has 1 spiro atoms. The molecule has 1 saturated heterocycles. The van der Waals surface area contributed by atoms with Crippen LogP contribution >= 0.6 is 0 Å². The fourth-order valence-electron chi connectivity index (χ4n) is 5.21. The summed E-state index contributed by atoms with van der Waals surface area (Å²) in [5.74, 6) is 1.24. The monoisotopic (exact) mass is 400 g/mol. The number of carbonyl (C=O) groups is 1. The number of carbonyl (C=O) groups excluding carboxylic acids is 1. The molecule has 5 heteroatoms. The largest absolute Gasteiger partial charge is 0.338 e. The third kappa shape index (κ3) is 2.88. The molecule has 154 valence electrons. The van der Waals surface area contributed by atoms with E-state index in [1.807, 2.05) is 30.2 Å². The normalized spacial score (nSPS) is 18.0. The Balaban J connectivity index is 1.45. The highest BCUT2D eigenvalue weighted by atomic mass is 16.2. The maximum atomic E-state index is 13.2. The molecular formula is C25H28N4O. The van der Waals surface area contributed by atoms with Crippen molar-refractivity contribution >= 4 is 5.91 Å². The van der Waals surface area contributed by atoms with E-state index in [0.29, 0.717) is 0 Å². The maximum Gasteiger partial charge on any atom is 0.254 e. The first-order chi connectivity index (χ1) is 14.5. The van der Waals surface area contributed by atoms with Gasteiger partial charge in [0.2, 0.25) is 0 Å². The molecule has 2 aromatic carbocycles. The lowest BCUT2D eigenvalue weighted by Crippen LogP contribution is -2.53. The van der Waals surface area contributed by atoms with Gasteiger partial charge in [-0.1, -0.05) is 35.9 Å². The number of aryl methyl sites for hydroxylation is 2. The number of hydrogen-bond acceptors (Lipinski definition) is 3. The second-order valence-electron chi connectivity index (χ2n) is 8.75. The predicted octanol–water partition coefficient (Wildman–Crippen LogP) is 4.07. The van der Waals surface area contributed by atoms with Crippen LogP contribution in [0.3, 0.4) is 0 Å². The number of piperidine rings is 1. The van der Waals surface area contributed by atoms with Crippen LogP contribution in [0.15, 0.2) is 54.9 Å². The summed E-state index contributed by atoms with van der Waals surface area (Å²) in [5.41, 5.74) is 5.42. The number of fused-ring (bicyclic) bond motifs is 4. The number of rotatable bonds is 1. The smallest absolute Gasteiger partial charge is 0.254 e. The van der Waals surface area contributed by atoms with Crippen molar-refractivity contribution in [3.05, 3.63) is 82.9 Å². The molecule has 0 bridgehead atoms. The minimum Gasteiger partial charge on any atom is -0.338 e. The third-order valence-electron chi connectivity index (χ3n) is 6.94. The molecule has 1 aromatic heterocycles. The van der Waals surface area contributed by atoms with Gasteiger partial charge in [0.25, 0.3) is 5.91 Å². The summed E-state index contributed by atoms with van der Waals surface area (Å²) in [6, 6.07) is 14.7. The molecule has 0 unspecified atom stereocenters. The Kier molecular flexibility index (Phi) is 4.51. The molecule has 5 rings (SSSR count). The third-order valence-corrected chi connectivity index (χ3v) is 6.94. The number of amides is 1. The molecule has 0 atom stereocenters. The maximum absolute atomic E-state index is 13.2. The van der Waals surface area contributed by atoms with Crippen molar-refractivity contribution in [2.45, 2.75) is 38.8 Å². The van der Waals surface area contributed by atoms with Crippen LogP contribution in [0.2, 0.25) is 0 Å². The summed E-state index contributed by atoms with van der Waals surface area (Å²) in [7, 11) is 2.20. The molecule has 0 N–H and O–H groups in total. The van der Waals surface area contributed by atoms with Crippen molar-refractivity contribution in [3.8, 4) is 5.69 Å². The van der Waals surface area contributed by atoms with E-state index in [2.05, 4.69) is 60.0 Å². The van der Waals surface area contributed by atoms with Gasteiger partial charge in [0.05, 0.1) is 11.2 Å². The summed E-state index contributed by atoms with van der Waals surface area (Å²) in [6.07, 6.45) is 5.73. The number of imidazole rings is 1. The molecular weight excluding hydrogens is 372 g/mol. The number of para-hydroxylation sites is 1. The summed E-state index contributed by atoms with van der Waals surface area (Å²) in [4.78, 5) is 22.5. The van der Waals surface area contributed by atoms with E-state index >= 15 is 0 Å². The van der Waals surface area contributed by atoms with Gasteiger partial charge in [-0.2, -0.15) is 0 Å². The highest BCUT2D eigenvalue weighted by molar-refractivity contribution is 5.95. The van der Waals surface area contributed by atoms with Crippen LogP contribution in [0.5, 0.6) is 0 Å². The minimum absolute atomic E-state index is 0.144. The van der Waals surface area contributed by atoms with Gasteiger partial charge in [-0.25, -0.2) is 4.98 Å². The van der Waals surface area contributed by atoms with Crippen LogP contribution in [0.25, 0.3) is 5.69 Å². The van der Waals surface area contributed by atoms with Crippen molar-refractivity contribution in [1.82, 2.24) is 19.4 Å². The zero-order valence-corrected chi connectivity index (χ0v) is 17.9. The Morgan fingerprint density at radius 1 is 1.07 bits per heavy atom. The number of hydrogen-bond donors (Lipinski definition) is 0. The van der Waals surface area contributed by atoms with Crippen molar-refractivity contribution < 1.29 is 4.79 Å². The van der Waals surface area contributed by atoms with Gasteiger partial charge in [0, 0.05) is 37.6 Å². The zero-order chi connectivity index (χ0) is 20.9. The second-order valence-corrected chi connectivity index (χ2v) is 8.75. The van der Waals surface area contributed by atoms with Crippen LogP contribution in [-0.2, 0) is 12.1 Å². The van der Waals surface area contributed by atoms with E-state index in [1.165, 1.54) is 16.8 Å². The zero-order valence-electron chi connectivity index (χ0n) is 17.9. The van der Waals surface area contributed by atoms with Crippen molar-refractivity contribution in [1.29, 1.82) is 0 Å². The van der Waals surface area contributed by atoms with E-state index in [-0.39, 0.29) is 11.4 Å². The second kappa shape index (κ2) is 7.10. The van der Waals surface area contributed by atoms with Gasteiger partial charge in [0.1, 0.15) is 5.82 Å². The molecule has 1 amide bonds. The molecule has 1 fully saturated rings. The molecule has 30 heavy (non-hydrogen) atoms. The lowest BCUT2D eigenvalue weighted by Gasteiger charge is -2.46. The van der Waals surface area contributed by atoms with Gasteiger partial charge in [-0.3, -0.25) is 9.69 Å². The van der Waals surface area contributed by atoms with Crippen LogP contribution in [0.1, 0.15) is 45.7 Å². The van der Waals surface area contributed by atoms with Crippen LogP contribution < -0.4 is 0 Å². The summed E-state index contributed by atoms with van der Waals surface area (Å²) < 4.78 is 2.25. The number of benzene rings is 2. The Bertz CT molecular complexity index is 1110. The van der Waals surface area contributed by atoms with Crippen molar-refractivity contribution in [3.63, 3.8) is 0 Å². The first kappa shape index (κ1) is 19.1. The predicted molar refractivity (Wildman–Crippen MR) is 118 cm³/mol. The van der Waals surface area contributed by atoms with Crippen LogP contribution in [-0.4, -0.2) is 45.4 Å². The molecule has 3 heterocycles. The Morgan fingerprint density at radius 2 is 1.83 bits per heavy atom. The van der Waals surface area contributed by atoms with Gasteiger partial charge in [0.15, 0.2) is 0 Å². The van der Waals surface area contributed by atoms with Gasteiger partial charge < -0.3 is 9.47 Å². The van der Waals surface area contributed by atoms with E-state index in [9.17, 15) is 4.79 Å². The Labute approximate surface area is 178 Å². The molecule has 3 aromatic rings. The molecule has 5 nitrogen and oxygen atoms in total. The summed E-state index contributed by atoms with van der Waals surface area (Å²) >= 11 is 0. The van der Waals surface area contributed by atoms with Gasteiger partial charge in [-0.05, 0) is 57.0 Å². The summed E-state index contributed by atoms with van der Waals surface area (Å²) in [6.45, 7) is 6.44. The SMILES string of the molecule is Cc1ccc(C(=O)N2CCC3(CC2)c2nccn2-c2ccccc2CN3C)c(C)c1. The summed E-state index contributed by atoms with van der Waals surface area (Å²) in [5, 5.41) is 0. The van der Waals surface area contributed by atoms with Crippen LogP contribution in [0, 0.1) is 13.8 Å². The fourth-order valence-corrected chi connectivity index (χ4v) is 5.21. The van der Waals surface area contributed by atoms with Gasteiger partial charge >= 0.3 is 0 Å². The molecule has 0 aliphatic carbocycles. The molecule has 0 radical (unpaired) electrons. The van der Waals surface area contributed by atoms with Gasteiger partial charge in [-0.15, -0.1) is 0 Å². The number of aromatic nitrogens is 2. The quantitative estimate of drug-likeness (QED) is 0.618. The minimum atomic E-state index is -0.165. The van der Waals surface area contributed by atoms with Crippen molar-refractivity contribution in [2.24, 2.45) is 0 Å². The topological polar surface area (TPSA) is 41.4 Å². The van der Waals surface area contributed by atoms with Crippen LogP contribution in [0.4, 0.5) is 0 Å². The Hall–Kier alpha value is -2.92. The average Bonchev–Trinajstić information content (AvgIpc) is 3.21. The molecule has 2 aliphatic heterocycles. The first-order valence-corrected chi connectivity index (χ1v) is 10.7.